The predicted octanol–water partition coefficient (Wildman–Crippen LogP) is 5.20. The molecule has 0 aromatic rings. The van der Waals surface area contributed by atoms with Crippen LogP contribution in [0.4, 0.5) is 0 Å². The summed E-state index contributed by atoms with van der Waals surface area (Å²) in [7, 11) is 3.74. The van der Waals surface area contributed by atoms with Crippen LogP contribution >= 0.6 is 17.3 Å². The SMILES string of the molecule is CC(C)(C)C1=C(C(C)(C)C)N(PP)CCCC1. The highest BCUT2D eigenvalue weighted by Crippen LogP contribution is 2.47. The molecule has 1 aliphatic rings. The third kappa shape index (κ3) is 3.93. The lowest BCUT2D eigenvalue weighted by Gasteiger charge is -2.38. The van der Waals surface area contributed by atoms with E-state index < -0.39 is 0 Å². The lowest BCUT2D eigenvalue weighted by molar-refractivity contribution is 0.362. The summed E-state index contributed by atoms with van der Waals surface area (Å²) in [5, 5.41) is 0. The summed E-state index contributed by atoms with van der Waals surface area (Å²) in [6.07, 6.45) is 3.96. The fourth-order valence-electron chi connectivity index (χ4n) is 2.68. The van der Waals surface area contributed by atoms with E-state index in [0.29, 0.717) is 5.41 Å². The normalized spacial score (nSPS) is 20.3. The highest BCUT2D eigenvalue weighted by molar-refractivity contribution is 8.01. The van der Waals surface area contributed by atoms with Crippen molar-refractivity contribution < 1.29 is 0 Å². The van der Waals surface area contributed by atoms with Gasteiger partial charge in [-0.1, -0.05) is 50.5 Å². The van der Waals surface area contributed by atoms with Gasteiger partial charge in [0.2, 0.25) is 0 Å². The number of hydrogen-bond acceptors (Lipinski definition) is 1. The van der Waals surface area contributed by atoms with Crippen LogP contribution in [0, 0.1) is 10.8 Å². The van der Waals surface area contributed by atoms with E-state index in [1.807, 2.05) is 0 Å². The molecule has 0 fully saturated rings. The van der Waals surface area contributed by atoms with E-state index in [9.17, 15) is 0 Å². The Morgan fingerprint density at radius 2 is 1.59 bits per heavy atom. The van der Waals surface area contributed by atoms with Crippen molar-refractivity contribution in [3.63, 3.8) is 0 Å². The highest BCUT2D eigenvalue weighted by Gasteiger charge is 2.32. The standard InChI is InChI=1S/C14H29NP2/c1-13(2,3)11-9-7-8-10-15(17-16)12(11)14(4,5)6/h17H,7-10,16H2,1-6H3. The Kier molecular flexibility index (Phi) is 5.07. The van der Waals surface area contributed by atoms with E-state index in [4.69, 9.17) is 0 Å². The molecule has 1 rings (SSSR count). The quantitative estimate of drug-likeness (QED) is 0.593. The molecule has 0 spiro atoms. The van der Waals surface area contributed by atoms with Crippen molar-refractivity contribution >= 4 is 17.3 Å². The Labute approximate surface area is 112 Å². The number of rotatable bonds is 1. The van der Waals surface area contributed by atoms with Crippen LogP contribution in [0.1, 0.15) is 60.8 Å². The summed E-state index contributed by atoms with van der Waals surface area (Å²) >= 11 is 0. The first-order valence-electron chi connectivity index (χ1n) is 6.66. The van der Waals surface area contributed by atoms with Crippen molar-refractivity contribution in [3.8, 4) is 0 Å². The van der Waals surface area contributed by atoms with Gasteiger partial charge in [-0.2, -0.15) is 0 Å². The summed E-state index contributed by atoms with van der Waals surface area (Å²) in [5.41, 5.74) is 3.85. The molecule has 1 heterocycles. The fraction of sp³-hybridized carbons (Fsp3) is 0.857. The van der Waals surface area contributed by atoms with Crippen molar-refractivity contribution in [2.45, 2.75) is 60.8 Å². The Morgan fingerprint density at radius 3 is 2.00 bits per heavy atom. The van der Waals surface area contributed by atoms with Crippen LogP contribution in [0.3, 0.4) is 0 Å². The molecule has 100 valence electrons. The molecule has 2 unspecified atom stereocenters. The van der Waals surface area contributed by atoms with E-state index in [-0.39, 0.29) is 5.41 Å². The molecule has 1 nitrogen and oxygen atoms in total. The average Bonchev–Trinajstić information content (AvgIpc) is 2.36. The summed E-state index contributed by atoms with van der Waals surface area (Å²) in [4.78, 5) is 0. The largest absolute Gasteiger partial charge is 0.353 e. The molecule has 0 saturated carbocycles. The summed E-state index contributed by atoms with van der Waals surface area (Å²) in [6.45, 7) is 15.4. The molecule has 0 aromatic carbocycles. The molecule has 0 amide bonds. The topological polar surface area (TPSA) is 3.24 Å². The first-order chi connectivity index (χ1) is 7.68. The van der Waals surface area contributed by atoms with Gasteiger partial charge in [-0.05, 0) is 38.7 Å². The Bertz CT molecular complexity index is 294. The van der Waals surface area contributed by atoms with Crippen LogP contribution in [-0.2, 0) is 0 Å². The second kappa shape index (κ2) is 5.58. The summed E-state index contributed by atoms with van der Waals surface area (Å²) in [6, 6.07) is 0. The molecule has 0 N–H and O–H groups in total. The summed E-state index contributed by atoms with van der Waals surface area (Å²) in [5.74, 6) is 0. The van der Waals surface area contributed by atoms with Gasteiger partial charge < -0.3 is 4.67 Å². The van der Waals surface area contributed by atoms with Gasteiger partial charge in [-0.25, -0.2) is 0 Å². The van der Waals surface area contributed by atoms with Gasteiger partial charge in [-0.15, -0.1) is 0 Å². The second-order valence-corrected chi connectivity index (χ2v) is 8.64. The Morgan fingerprint density at radius 1 is 1.00 bits per heavy atom. The van der Waals surface area contributed by atoms with E-state index in [2.05, 4.69) is 55.1 Å². The van der Waals surface area contributed by atoms with Gasteiger partial charge in [0.1, 0.15) is 0 Å². The third-order valence-electron chi connectivity index (χ3n) is 3.39. The first-order valence-corrected chi connectivity index (χ1v) is 9.41. The smallest absolute Gasteiger partial charge is 0.0218 e. The maximum absolute atomic E-state index is 2.93. The van der Waals surface area contributed by atoms with E-state index in [1.54, 1.807) is 11.3 Å². The van der Waals surface area contributed by atoms with Crippen molar-refractivity contribution in [2.75, 3.05) is 6.54 Å². The molecule has 2 atom stereocenters. The second-order valence-electron chi connectivity index (χ2n) is 7.07. The Hall–Kier alpha value is 0.400. The van der Waals surface area contributed by atoms with Crippen molar-refractivity contribution in [1.29, 1.82) is 0 Å². The molecule has 0 aromatic heterocycles. The lowest BCUT2D eigenvalue weighted by Crippen LogP contribution is -2.28. The van der Waals surface area contributed by atoms with Gasteiger partial charge in [-0.3, -0.25) is 0 Å². The highest BCUT2D eigenvalue weighted by atomic mass is 32.0. The van der Waals surface area contributed by atoms with Crippen molar-refractivity contribution in [1.82, 2.24) is 4.67 Å². The molecular weight excluding hydrogens is 244 g/mol. The van der Waals surface area contributed by atoms with Gasteiger partial charge in [0.15, 0.2) is 0 Å². The van der Waals surface area contributed by atoms with E-state index in [1.165, 1.54) is 25.8 Å². The monoisotopic (exact) mass is 273 g/mol. The molecule has 17 heavy (non-hydrogen) atoms. The third-order valence-corrected chi connectivity index (χ3v) is 5.08. The molecule has 1 aliphatic heterocycles. The average molecular weight is 273 g/mol. The number of hydrogen-bond donors (Lipinski definition) is 0. The number of allylic oxidation sites excluding steroid dienone is 2. The van der Waals surface area contributed by atoms with Gasteiger partial charge in [0.25, 0.3) is 0 Å². The lowest BCUT2D eigenvalue weighted by atomic mass is 9.77. The zero-order valence-corrected chi connectivity index (χ0v) is 14.5. The van der Waals surface area contributed by atoms with Crippen LogP contribution < -0.4 is 0 Å². The maximum Gasteiger partial charge on any atom is 0.0218 e. The van der Waals surface area contributed by atoms with E-state index >= 15 is 0 Å². The summed E-state index contributed by atoms with van der Waals surface area (Å²) < 4.78 is 2.61. The van der Waals surface area contributed by atoms with Crippen LogP contribution in [-0.4, -0.2) is 11.2 Å². The van der Waals surface area contributed by atoms with Crippen LogP contribution in [0.2, 0.25) is 0 Å². The van der Waals surface area contributed by atoms with Gasteiger partial charge >= 0.3 is 0 Å². The molecular formula is C14H29NP2. The first kappa shape index (κ1) is 15.5. The zero-order chi connectivity index (χ0) is 13.3. The van der Waals surface area contributed by atoms with Crippen LogP contribution in [0.5, 0.6) is 0 Å². The maximum atomic E-state index is 2.93. The Balaban J connectivity index is 3.31. The molecule has 0 aliphatic carbocycles. The van der Waals surface area contributed by atoms with Crippen molar-refractivity contribution in [2.24, 2.45) is 10.8 Å². The minimum absolute atomic E-state index is 0.260. The van der Waals surface area contributed by atoms with Gasteiger partial charge in [0, 0.05) is 17.7 Å². The molecule has 3 heteroatoms. The van der Waals surface area contributed by atoms with Gasteiger partial charge in [0.05, 0.1) is 0 Å². The van der Waals surface area contributed by atoms with Crippen LogP contribution in [0.15, 0.2) is 11.3 Å². The number of nitrogens with zero attached hydrogens (tertiary/aromatic N) is 1. The van der Waals surface area contributed by atoms with Crippen LogP contribution in [0.25, 0.3) is 0 Å². The molecule has 0 bridgehead atoms. The molecule has 0 radical (unpaired) electrons. The van der Waals surface area contributed by atoms with Crippen molar-refractivity contribution in [3.05, 3.63) is 11.3 Å². The minimum Gasteiger partial charge on any atom is -0.353 e. The predicted molar refractivity (Wildman–Crippen MR) is 84.5 cm³/mol. The minimum atomic E-state index is 0.260. The fourth-order valence-corrected chi connectivity index (χ4v) is 4.34. The zero-order valence-electron chi connectivity index (χ0n) is 12.4. The molecule has 0 saturated heterocycles. The van der Waals surface area contributed by atoms with E-state index in [0.717, 1.165) is 8.42 Å².